The molecule has 20 heavy (non-hydrogen) atoms. The van der Waals surface area contributed by atoms with E-state index < -0.39 is 0 Å². The van der Waals surface area contributed by atoms with Gasteiger partial charge in [-0.15, -0.1) is 0 Å². The summed E-state index contributed by atoms with van der Waals surface area (Å²) in [4.78, 5) is 12.3. The summed E-state index contributed by atoms with van der Waals surface area (Å²) in [5, 5.41) is 0. The fraction of sp³-hybridized carbons (Fsp3) is 0.562. The molecule has 112 valence electrons. The number of methoxy groups -OCH3 is 2. The van der Waals surface area contributed by atoms with Crippen molar-refractivity contribution in [1.82, 2.24) is 0 Å². The molecular weight excluding hydrogens is 320 g/mol. The number of ether oxygens (including phenoxy) is 2. The first-order valence-electron chi connectivity index (χ1n) is 7.08. The smallest absolute Gasteiger partial charge is 0.167 e. The van der Waals surface area contributed by atoms with Crippen LogP contribution in [0.5, 0.6) is 11.5 Å². The molecule has 1 aromatic carbocycles. The summed E-state index contributed by atoms with van der Waals surface area (Å²) in [6.45, 7) is 2.19. The first-order valence-corrected chi connectivity index (χ1v) is 7.88. The van der Waals surface area contributed by atoms with Crippen molar-refractivity contribution in [3.05, 3.63) is 22.2 Å². The average molecular weight is 343 g/mol. The van der Waals surface area contributed by atoms with Crippen LogP contribution in [0.3, 0.4) is 0 Å². The van der Waals surface area contributed by atoms with Gasteiger partial charge in [0.25, 0.3) is 0 Å². The van der Waals surface area contributed by atoms with Gasteiger partial charge in [0.05, 0.1) is 19.8 Å². The van der Waals surface area contributed by atoms with E-state index in [1.54, 1.807) is 26.4 Å². The molecule has 0 saturated carbocycles. The summed E-state index contributed by atoms with van der Waals surface area (Å²) in [5.41, 5.74) is 0.615. The van der Waals surface area contributed by atoms with Gasteiger partial charge in [0.2, 0.25) is 0 Å². The van der Waals surface area contributed by atoms with Gasteiger partial charge in [-0.05, 0) is 28.4 Å². The third kappa shape index (κ3) is 4.82. The van der Waals surface area contributed by atoms with Crippen LogP contribution in [0, 0.1) is 0 Å². The predicted octanol–water partition coefficient (Wildman–Crippen LogP) is 5.01. The highest BCUT2D eigenvalue weighted by atomic mass is 79.9. The van der Waals surface area contributed by atoms with Gasteiger partial charge in [0.15, 0.2) is 5.78 Å². The van der Waals surface area contributed by atoms with E-state index in [0.717, 1.165) is 17.3 Å². The number of benzene rings is 1. The highest BCUT2D eigenvalue weighted by molar-refractivity contribution is 9.10. The van der Waals surface area contributed by atoms with E-state index in [0.29, 0.717) is 23.5 Å². The number of unbranched alkanes of at least 4 members (excludes halogenated alkanes) is 4. The monoisotopic (exact) mass is 342 g/mol. The van der Waals surface area contributed by atoms with E-state index in [2.05, 4.69) is 22.9 Å². The third-order valence-corrected chi connectivity index (χ3v) is 3.89. The van der Waals surface area contributed by atoms with Crippen molar-refractivity contribution < 1.29 is 14.3 Å². The maximum atomic E-state index is 12.3. The maximum Gasteiger partial charge on any atom is 0.167 e. The Hall–Kier alpha value is -1.03. The molecule has 1 aromatic rings. The van der Waals surface area contributed by atoms with Crippen molar-refractivity contribution in [3.8, 4) is 11.5 Å². The number of hydrogen-bond acceptors (Lipinski definition) is 3. The molecule has 0 saturated heterocycles. The minimum Gasteiger partial charge on any atom is -0.497 e. The van der Waals surface area contributed by atoms with Crippen molar-refractivity contribution >= 4 is 21.7 Å². The molecule has 0 amide bonds. The number of rotatable bonds is 9. The number of hydrogen-bond donors (Lipinski definition) is 0. The van der Waals surface area contributed by atoms with Crippen LogP contribution in [0.1, 0.15) is 55.8 Å². The summed E-state index contributed by atoms with van der Waals surface area (Å²) < 4.78 is 11.2. The lowest BCUT2D eigenvalue weighted by molar-refractivity contribution is 0.0975. The van der Waals surface area contributed by atoms with Crippen LogP contribution >= 0.6 is 15.9 Å². The zero-order valence-electron chi connectivity index (χ0n) is 12.5. The summed E-state index contributed by atoms with van der Waals surface area (Å²) in [6.07, 6.45) is 6.25. The van der Waals surface area contributed by atoms with Crippen LogP contribution in [-0.4, -0.2) is 20.0 Å². The Morgan fingerprint density at radius 1 is 1.10 bits per heavy atom. The molecule has 0 unspecified atom stereocenters. The van der Waals surface area contributed by atoms with Crippen molar-refractivity contribution in [2.24, 2.45) is 0 Å². The molecule has 0 atom stereocenters. The molecule has 0 aliphatic rings. The van der Waals surface area contributed by atoms with Crippen LogP contribution in [0.15, 0.2) is 16.6 Å². The molecule has 0 aromatic heterocycles. The molecule has 0 heterocycles. The maximum absolute atomic E-state index is 12.3. The first-order chi connectivity index (χ1) is 9.63. The summed E-state index contributed by atoms with van der Waals surface area (Å²) in [5.74, 6) is 1.36. The van der Waals surface area contributed by atoms with Crippen LogP contribution < -0.4 is 9.47 Å². The Kier molecular flexibility index (Phi) is 7.67. The standard InChI is InChI=1S/C16H23BrO3/c1-4-5-6-7-8-9-14(18)16-13(17)10-12(19-2)11-15(16)20-3/h10-11H,4-9H2,1-3H3. The molecule has 1 rings (SSSR count). The highest BCUT2D eigenvalue weighted by Gasteiger charge is 2.17. The molecule has 0 bridgehead atoms. The minimum absolute atomic E-state index is 0.118. The molecule has 0 radical (unpaired) electrons. The Morgan fingerprint density at radius 2 is 1.80 bits per heavy atom. The third-order valence-electron chi connectivity index (χ3n) is 3.27. The Morgan fingerprint density at radius 3 is 2.40 bits per heavy atom. The van der Waals surface area contributed by atoms with E-state index in [1.165, 1.54) is 19.3 Å². The summed E-state index contributed by atoms with van der Waals surface area (Å²) >= 11 is 3.43. The van der Waals surface area contributed by atoms with Gasteiger partial charge in [-0.1, -0.05) is 32.6 Å². The quantitative estimate of drug-likeness (QED) is 0.467. The largest absolute Gasteiger partial charge is 0.497 e. The van der Waals surface area contributed by atoms with Gasteiger partial charge in [-0.25, -0.2) is 0 Å². The van der Waals surface area contributed by atoms with Crippen molar-refractivity contribution in [2.75, 3.05) is 14.2 Å². The van der Waals surface area contributed by atoms with Crippen molar-refractivity contribution in [2.45, 2.75) is 45.4 Å². The molecule has 0 spiro atoms. The van der Waals surface area contributed by atoms with E-state index in [1.807, 2.05) is 0 Å². The second-order valence-electron chi connectivity index (χ2n) is 4.77. The number of halogens is 1. The molecule has 3 nitrogen and oxygen atoms in total. The lowest BCUT2D eigenvalue weighted by Gasteiger charge is -2.12. The van der Waals surface area contributed by atoms with Crippen molar-refractivity contribution in [1.29, 1.82) is 0 Å². The SMILES string of the molecule is CCCCCCCC(=O)c1c(Br)cc(OC)cc1OC. The second kappa shape index (κ2) is 9.01. The van der Waals surface area contributed by atoms with E-state index in [4.69, 9.17) is 9.47 Å². The number of ketones is 1. The summed E-state index contributed by atoms with van der Waals surface area (Å²) in [6, 6.07) is 3.54. The predicted molar refractivity (Wildman–Crippen MR) is 85.0 cm³/mol. The first kappa shape index (κ1) is 17.0. The number of carbonyl (C=O) groups is 1. The molecule has 0 N–H and O–H groups in total. The number of Topliss-reactive ketones (excluding diaryl/α,β-unsaturated/α-hetero) is 1. The average Bonchev–Trinajstić information content (AvgIpc) is 2.45. The lowest BCUT2D eigenvalue weighted by Crippen LogP contribution is -2.04. The molecule has 0 aliphatic heterocycles. The van der Waals surface area contributed by atoms with Crippen LogP contribution in [-0.2, 0) is 0 Å². The molecule has 4 heteroatoms. The van der Waals surface area contributed by atoms with Crippen LogP contribution in [0.4, 0.5) is 0 Å². The van der Waals surface area contributed by atoms with Crippen LogP contribution in [0.25, 0.3) is 0 Å². The van der Waals surface area contributed by atoms with Gasteiger partial charge in [-0.3, -0.25) is 4.79 Å². The molecular formula is C16H23BrO3. The molecule has 0 aliphatic carbocycles. The Balaban J connectivity index is 2.72. The van der Waals surface area contributed by atoms with Gasteiger partial charge >= 0.3 is 0 Å². The second-order valence-corrected chi connectivity index (χ2v) is 5.63. The fourth-order valence-corrected chi connectivity index (χ4v) is 2.76. The highest BCUT2D eigenvalue weighted by Crippen LogP contribution is 2.33. The topological polar surface area (TPSA) is 35.5 Å². The van der Waals surface area contributed by atoms with E-state index >= 15 is 0 Å². The zero-order chi connectivity index (χ0) is 15.0. The van der Waals surface area contributed by atoms with Gasteiger partial charge in [0.1, 0.15) is 11.5 Å². The molecule has 0 fully saturated rings. The van der Waals surface area contributed by atoms with E-state index in [9.17, 15) is 4.79 Å². The zero-order valence-corrected chi connectivity index (χ0v) is 14.1. The summed E-state index contributed by atoms with van der Waals surface area (Å²) in [7, 11) is 3.16. The fourth-order valence-electron chi connectivity index (χ4n) is 2.12. The van der Waals surface area contributed by atoms with Crippen LogP contribution in [0.2, 0.25) is 0 Å². The van der Waals surface area contributed by atoms with Gasteiger partial charge < -0.3 is 9.47 Å². The normalized spacial score (nSPS) is 10.4. The number of carbonyl (C=O) groups excluding carboxylic acids is 1. The Bertz CT molecular complexity index is 444. The van der Waals surface area contributed by atoms with Crippen molar-refractivity contribution in [3.63, 3.8) is 0 Å². The van der Waals surface area contributed by atoms with Gasteiger partial charge in [0, 0.05) is 17.0 Å². The minimum atomic E-state index is 0.118. The van der Waals surface area contributed by atoms with E-state index in [-0.39, 0.29) is 5.78 Å². The lowest BCUT2D eigenvalue weighted by atomic mass is 10.0. The van der Waals surface area contributed by atoms with Gasteiger partial charge in [-0.2, -0.15) is 0 Å². The Labute approximate surface area is 129 Å².